The minimum Gasteiger partial charge on any atom is -0.335 e. The average Bonchev–Trinajstić information content (AvgIpc) is 2.73. The van der Waals surface area contributed by atoms with Crippen molar-refractivity contribution in [2.75, 3.05) is 45.8 Å². The fourth-order valence-corrected chi connectivity index (χ4v) is 6.00. The normalized spacial score (nSPS) is 24.0. The summed E-state index contributed by atoms with van der Waals surface area (Å²) < 4.78 is 27.7. The summed E-state index contributed by atoms with van der Waals surface area (Å²) in [5.41, 5.74) is 0. The summed E-state index contributed by atoms with van der Waals surface area (Å²) >= 11 is 0. The molecule has 2 heterocycles. The average molecular weight is 417 g/mol. The molecule has 0 saturated carbocycles. The Hall–Kier alpha value is -1.96. The van der Waals surface area contributed by atoms with Crippen LogP contribution in [-0.2, 0) is 14.8 Å². The van der Waals surface area contributed by atoms with Gasteiger partial charge in [0.15, 0.2) is 6.54 Å². The van der Waals surface area contributed by atoms with Gasteiger partial charge < -0.3 is 9.80 Å². The van der Waals surface area contributed by atoms with Crippen molar-refractivity contribution in [1.29, 1.82) is 0 Å². The van der Waals surface area contributed by atoms with E-state index in [9.17, 15) is 13.2 Å². The molecule has 2 aliphatic heterocycles. The topological polar surface area (TPSA) is 62.1 Å². The number of piperazine rings is 1. The van der Waals surface area contributed by atoms with Crippen molar-refractivity contribution < 1.29 is 18.1 Å². The molecule has 2 aromatic carbocycles. The number of sulfonamides is 1. The van der Waals surface area contributed by atoms with Gasteiger partial charge in [-0.05, 0) is 35.7 Å². The van der Waals surface area contributed by atoms with Gasteiger partial charge in [0.2, 0.25) is 10.0 Å². The summed E-state index contributed by atoms with van der Waals surface area (Å²) in [6.07, 6.45) is 2.44. The second-order valence-corrected chi connectivity index (χ2v) is 10.4. The maximum Gasteiger partial charge on any atom is 0.277 e. The molecule has 4 rings (SSSR count). The zero-order chi connectivity index (χ0) is 20.4. The molecule has 1 amide bonds. The lowest BCUT2D eigenvalue weighted by molar-refractivity contribution is -0.900. The molecule has 1 unspecified atom stereocenters. The Labute approximate surface area is 173 Å². The number of carbonyl (C=O) groups excluding carboxylic acids is 1. The van der Waals surface area contributed by atoms with Gasteiger partial charge >= 0.3 is 0 Å². The Kier molecular flexibility index (Phi) is 5.90. The van der Waals surface area contributed by atoms with Crippen molar-refractivity contribution in [3.63, 3.8) is 0 Å². The molecule has 7 heteroatoms. The summed E-state index contributed by atoms with van der Waals surface area (Å²) in [6, 6.07) is 13.0. The van der Waals surface area contributed by atoms with E-state index in [1.54, 1.807) is 12.1 Å². The van der Waals surface area contributed by atoms with Crippen LogP contribution in [0.15, 0.2) is 47.4 Å². The molecule has 29 heavy (non-hydrogen) atoms. The zero-order valence-corrected chi connectivity index (χ0v) is 17.8. The number of hydrogen-bond donors (Lipinski definition) is 1. The predicted octanol–water partition coefficient (Wildman–Crippen LogP) is 0.988. The lowest BCUT2D eigenvalue weighted by atomic mass is 10.0. The lowest BCUT2D eigenvalue weighted by Crippen LogP contribution is -3.14. The van der Waals surface area contributed by atoms with Gasteiger partial charge in [-0.1, -0.05) is 37.3 Å². The summed E-state index contributed by atoms with van der Waals surface area (Å²) in [4.78, 5) is 16.2. The first-order chi connectivity index (χ1) is 13.9. The third-order valence-electron chi connectivity index (χ3n) is 6.22. The summed E-state index contributed by atoms with van der Waals surface area (Å²) in [5.74, 6) is 0.826. The largest absolute Gasteiger partial charge is 0.335 e. The van der Waals surface area contributed by atoms with Crippen LogP contribution in [0.4, 0.5) is 0 Å². The van der Waals surface area contributed by atoms with Crippen molar-refractivity contribution in [1.82, 2.24) is 9.21 Å². The highest BCUT2D eigenvalue weighted by Crippen LogP contribution is 2.22. The van der Waals surface area contributed by atoms with E-state index in [-0.39, 0.29) is 5.91 Å². The Morgan fingerprint density at radius 1 is 1.07 bits per heavy atom. The summed E-state index contributed by atoms with van der Waals surface area (Å²) in [6.45, 7) is 6.54. The van der Waals surface area contributed by atoms with Crippen LogP contribution in [0.3, 0.4) is 0 Å². The Morgan fingerprint density at radius 2 is 1.79 bits per heavy atom. The van der Waals surface area contributed by atoms with Crippen LogP contribution in [0, 0.1) is 5.92 Å². The molecule has 2 atom stereocenters. The van der Waals surface area contributed by atoms with Crippen LogP contribution < -0.4 is 4.90 Å². The van der Waals surface area contributed by atoms with Crippen molar-refractivity contribution in [3.05, 3.63) is 42.5 Å². The number of rotatable bonds is 4. The van der Waals surface area contributed by atoms with Crippen molar-refractivity contribution >= 4 is 26.7 Å². The number of nitrogens with one attached hydrogen (secondary N) is 1. The highest BCUT2D eigenvalue weighted by molar-refractivity contribution is 7.89. The third kappa shape index (κ3) is 4.47. The highest BCUT2D eigenvalue weighted by Gasteiger charge is 2.32. The standard InChI is InChI=1S/C22H29N3O3S/c1-18-5-4-10-23(16-18)17-22(26)24-11-13-25(14-12-24)29(27,28)21-9-8-19-6-2-3-7-20(19)15-21/h2-3,6-9,15,18H,4-5,10-14,16-17H2,1H3/p+1/t18-/m1/s1. The quantitative estimate of drug-likeness (QED) is 0.809. The van der Waals surface area contributed by atoms with Crippen molar-refractivity contribution in [2.45, 2.75) is 24.7 Å². The van der Waals surface area contributed by atoms with Gasteiger partial charge in [0.25, 0.3) is 5.91 Å². The molecular weight excluding hydrogens is 386 g/mol. The zero-order valence-electron chi connectivity index (χ0n) is 17.0. The summed E-state index contributed by atoms with van der Waals surface area (Å²) in [5, 5.41) is 1.94. The number of fused-ring (bicyclic) bond motifs is 1. The Balaban J connectivity index is 1.38. The molecule has 0 aliphatic carbocycles. The number of piperidine rings is 1. The van der Waals surface area contributed by atoms with E-state index < -0.39 is 10.0 Å². The molecular formula is C22H30N3O3S+. The van der Waals surface area contributed by atoms with Crippen LogP contribution in [0.1, 0.15) is 19.8 Å². The first kappa shape index (κ1) is 20.3. The number of amides is 1. The minimum atomic E-state index is -3.55. The van der Waals surface area contributed by atoms with E-state index >= 15 is 0 Å². The highest BCUT2D eigenvalue weighted by atomic mass is 32.2. The van der Waals surface area contributed by atoms with Crippen LogP contribution in [0.2, 0.25) is 0 Å². The van der Waals surface area contributed by atoms with Gasteiger partial charge in [0.1, 0.15) is 0 Å². The molecule has 0 bridgehead atoms. The maximum atomic E-state index is 13.1. The van der Waals surface area contributed by atoms with Gasteiger partial charge in [-0.3, -0.25) is 4.79 Å². The molecule has 2 fully saturated rings. The number of quaternary nitrogens is 1. The summed E-state index contributed by atoms with van der Waals surface area (Å²) in [7, 11) is -3.55. The number of likely N-dealkylation sites (tertiary alicyclic amines) is 1. The second-order valence-electron chi connectivity index (χ2n) is 8.42. The molecule has 1 N–H and O–H groups in total. The molecule has 2 aliphatic rings. The van der Waals surface area contributed by atoms with E-state index in [0.29, 0.717) is 43.5 Å². The number of nitrogens with zero attached hydrogens (tertiary/aromatic N) is 2. The number of carbonyl (C=O) groups is 1. The van der Waals surface area contributed by atoms with E-state index in [1.807, 2.05) is 35.2 Å². The molecule has 0 radical (unpaired) electrons. The van der Waals surface area contributed by atoms with Gasteiger partial charge in [0, 0.05) is 32.1 Å². The second kappa shape index (κ2) is 8.42. The smallest absolute Gasteiger partial charge is 0.277 e. The van der Waals surface area contributed by atoms with E-state index in [2.05, 4.69) is 6.92 Å². The predicted molar refractivity (Wildman–Crippen MR) is 113 cm³/mol. The van der Waals surface area contributed by atoms with Gasteiger partial charge in [-0.15, -0.1) is 0 Å². The number of benzene rings is 2. The van der Waals surface area contributed by atoms with Crippen molar-refractivity contribution in [2.24, 2.45) is 5.92 Å². The van der Waals surface area contributed by atoms with Gasteiger partial charge in [0.05, 0.1) is 18.0 Å². The van der Waals surface area contributed by atoms with Crippen molar-refractivity contribution in [3.8, 4) is 0 Å². The van der Waals surface area contributed by atoms with Gasteiger partial charge in [-0.25, -0.2) is 8.42 Å². The minimum absolute atomic E-state index is 0.150. The maximum absolute atomic E-state index is 13.1. The van der Waals surface area contributed by atoms with Crippen LogP contribution >= 0.6 is 0 Å². The fraction of sp³-hybridized carbons (Fsp3) is 0.500. The molecule has 6 nitrogen and oxygen atoms in total. The Bertz CT molecular complexity index is 984. The number of hydrogen-bond acceptors (Lipinski definition) is 3. The monoisotopic (exact) mass is 416 g/mol. The fourth-order valence-electron chi connectivity index (χ4n) is 4.54. The molecule has 0 aromatic heterocycles. The van der Waals surface area contributed by atoms with E-state index in [0.717, 1.165) is 23.9 Å². The third-order valence-corrected chi connectivity index (χ3v) is 8.11. The molecule has 2 saturated heterocycles. The van der Waals surface area contributed by atoms with Crippen LogP contribution in [-0.4, -0.2) is 69.3 Å². The van der Waals surface area contributed by atoms with E-state index in [4.69, 9.17) is 0 Å². The Morgan fingerprint density at radius 3 is 2.52 bits per heavy atom. The van der Waals surface area contributed by atoms with Gasteiger partial charge in [-0.2, -0.15) is 4.31 Å². The first-order valence-electron chi connectivity index (χ1n) is 10.5. The first-order valence-corrected chi connectivity index (χ1v) is 12.0. The van der Waals surface area contributed by atoms with Crippen LogP contribution in [0.25, 0.3) is 10.8 Å². The molecule has 2 aromatic rings. The van der Waals surface area contributed by atoms with Crippen LogP contribution in [0.5, 0.6) is 0 Å². The lowest BCUT2D eigenvalue weighted by Gasteiger charge is -2.35. The van der Waals surface area contributed by atoms with E-state index in [1.165, 1.54) is 22.0 Å². The SMILES string of the molecule is C[C@@H]1CCC[NH+](CC(=O)N2CCN(S(=O)(=O)c3ccc4ccccc4c3)CC2)C1. The molecule has 0 spiro atoms. The molecule has 156 valence electrons.